The van der Waals surface area contributed by atoms with E-state index in [2.05, 4.69) is 0 Å². The molecule has 0 saturated heterocycles. The van der Waals surface area contributed by atoms with Crippen molar-refractivity contribution in [1.82, 2.24) is 9.38 Å². The number of hydrogen-bond acceptors (Lipinski definition) is 7. The standard InChI is InChI=1S/C28H26N4O5S/c1-18-8-7-14-32-26(18)30-27-21(28(32)33)17-24(38(34,35)20-9-5-4-6-10-20)25(29)31(27)15-13-19-11-12-22(36-2)23(16-19)37-3/h4-12,14,16-17,29H,13,15H2,1-3H3/p+1. The summed E-state index contributed by atoms with van der Waals surface area (Å²) in [5, 5.41) is 0.157. The first-order chi connectivity index (χ1) is 18.3. The summed E-state index contributed by atoms with van der Waals surface area (Å²) in [5.41, 5.74) is 8.69. The van der Waals surface area contributed by atoms with E-state index in [9.17, 15) is 13.2 Å². The van der Waals surface area contributed by atoms with Crippen LogP contribution in [-0.2, 0) is 22.8 Å². The summed E-state index contributed by atoms with van der Waals surface area (Å²) in [6.45, 7) is 2.13. The minimum Gasteiger partial charge on any atom is -0.493 e. The van der Waals surface area contributed by atoms with Gasteiger partial charge in [0.15, 0.2) is 11.5 Å². The van der Waals surface area contributed by atoms with Crippen LogP contribution in [0.2, 0.25) is 0 Å². The van der Waals surface area contributed by atoms with E-state index < -0.39 is 9.84 Å². The molecular formula is C28H27N4O5S+. The molecule has 0 spiro atoms. The predicted octanol–water partition coefficient (Wildman–Crippen LogP) is 3.12. The Bertz CT molecular complexity index is 1850. The van der Waals surface area contributed by atoms with Crippen molar-refractivity contribution in [2.75, 3.05) is 20.0 Å². The summed E-state index contributed by atoms with van der Waals surface area (Å²) in [4.78, 5) is 18.3. The van der Waals surface area contributed by atoms with Crippen LogP contribution in [0.15, 0.2) is 87.5 Å². The number of sulfone groups is 1. The first-order valence-electron chi connectivity index (χ1n) is 11.9. The van der Waals surface area contributed by atoms with Crippen molar-refractivity contribution >= 4 is 32.3 Å². The number of nitrogen functional groups attached to an aromatic ring is 1. The first kappa shape index (κ1) is 25.2. The number of ether oxygens (including phenoxy) is 2. The molecular weight excluding hydrogens is 504 g/mol. The van der Waals surface area contributed by atoms with Crippen molar-refractivity contribution in [2.45, 2.75) is 29.7 Å². The Balaban J connectivity index is 1.75. The third-order valence-electron chi connectivity index (χ3n) is 6.55. The number of aryl methyl sites for hydroxylation is 3. The van der Waals surface area contributed by atoms with Crippen molar-refractivity contribution < 1.29 is 22.5 Å². The highest BCUT2D eigenvalue weighted by molar-refractivity contribution is 7.91. The molecule has 0 bridgehead atoms. The first-order valence-corrected chi connectivity index (χ1v) is 13.4. The molecule has 9 nitrogen and oxygen atoms in total. The van der Waals surface area contributed by atoms with Crippen LogP contribution in [0.4, 0.5) is 5.82 Å². The van der Waals surface area contributed by atoms with E-state index in [0.29, 0.717) is 29.2 Å². The zero-order valence-electron chi connectivity index (χ0n) is 21.2. The predicted molar refractivity (Wildman–Crippen MR) is 143 cm³/mol. The molecule has 0 aliphatic heterocycles. The summed E-state index contributed by atoms with van der Waals surface area (Å²) in [5.74, 6) is 1.18. The van der Waals surface area contributed by atoms with Gasteiger partial charge in [0.1, 0.15) is 10.3 Å². The molecule has 3 aromatic heterocycles. The van der Waals surface area contributed by atoms with E-state index in [4.69, 9.17) is 20.2 Å². The minimum atomic E-state index is -4.02. The molecule has 0 unspecified atom stereocenters. The average molecular weight is 532 g/mol. The average Bonchev–Trinajstić information content (AvgIpc) is 2.93. The lowest BCUT2D eigenvalue weighted by Crippen LogP contribution is -2.42. The maximum absolute atomic E-state index is 13.7. The third kappa shape index (κ3) is 4.22. The second-order valence-corrected chi connectivity index (χ2v) is 10.8. The Labute approximate surface area is 219 Å². The fourth-order valence-corrected chi connectivity index (χ4v) is 5.96. The van der Waals surface area contributed by atoms with Crippen LogP contribution in [0.25, 0.3) is 16.7 Å². The zero-order valence-corrected chi connectivity index (χ0v) is 22.0. The molecule has 194 valence electrons. The molecule has 3 heterocycles. The Kier molecular flexibility index (Phi) is 6.50. The highest BCUT2D eigenvalue weighted by Gasteiger charge is 2.29. The maximum Gasteiger partial charge on any atom is 0.278 e. The van der Waals surface area contributed by atoms with E-state index in [0.717, 1.165) is 11.1 Å². The largest absolute Gasteiger partial charge is 0.493 e. The molecule has 0 fully saturated rings. The lowest BCUT2D eigenvalue weighted by Gasteiger charge is -2.14. The van der Waals surface area contributed by atoms with Crippen molar-refractivity contribution in [2.24, 2.45) is 0 Å². The van der Waals surface area contributed by atoms with Crippen LogP contribution < -0.4 is 25.3 Å². The minimum absolute atomic E-state index is 0.00617. The quantitative estimate of drug-likeness (QED) is 0.253. The summed E-state index contributed by atoms with van der Waals surface area (Å²) in [6, 6.07) is 18.5. The molecule has 0 aliphatic rings. The van der Waals surface area contributed by atoms with E-state index >= 15 is 0 Å². The van der Waals surface area contributed by atoms with Gasteiger partial charge in [0.05, 0.1) is 25.7 Å². The van der Waals surface area contributed by atoms with Gasteiger partial charge in [0.2, 0.25) is 21.3 Å². The van der Waals surface area contributed by atoms with E-state index in [1.807, 2.05) is 25.1 Å². The smallest absolute Gasteiger partial charge is 0.278 e. The van der Waals surface area contributed by atoms with Crippen molar-refractivity contribution in [1.29, 1.82) is 0 Å². The molecule has 5 rings (SSSR count). The van der Waals surface area contributed by atoms with Crippen LogP contribution >= 0.6 is 0 Å². The third-order valence-corrected chi connectivity index (χ3v) is 8.35. The van der Waals surface area contributed by atoms with Gasteiger partial charge in [-0.3, -0.25) is 9.20 Å². The molecule has 0 atom stereocenters. The molecule has 10 heteroatoms. The summed E-state index contributed by atoms with van der Waals surface area (Å²) in [7, 11) is -0.898. The molecule has 0 radical (unpaired) electrons. The molecule has 0 amide bonds. The van der Waals surface area contributed by atoms with Gasteiger partial charge in [0.25, 0.3) is 11.2 Å². The van der Waals surface area contributed by atoms with Gasteiger partial charge >= 0.3 is 0 Å². The second kappa shape index (κ2) is 9.79. The van der Waals surface area contributed by atoms with Gasteiger partial charge in [0, 0.05) is 18.2 Å². The van der Waals surface area contributed by atoms with Gasteiger partial charge in [-0.2, -0.15) is 0 Å². The van der Waals surface area contributed by atoms with Crippen LogP contribution in [0.5, 0.6) is 11.5 Å². The Hall–Kier alpha value is -4.44. The SMILES string of the molecule is COc1ccc(CC[n+]2c(N)c(S(=O)(=O)c3ccccc3)cc3c(=O)n4cccc(C)c4nc32)cc1OC. The highest BCUT2D eigenvalue weighted by atomic mass is 32.2. The summed E-state index contributed by atoms with van der Waals surface area (Å²) >= 11 is 0. The van der Waals surface area contributed by atoms with Crippen LogP contribution in [-0.4, -0.2) is 32.0 Å². The van der Waals surface area contributed by atoms with Gasteiger partial charge in [-0.1, -0.05) is 35.3 Å². The molecule has 2 N–H and O–H groups in total. The van der Waals surface area contributed by atoms with Gasteiger partial charge in [-0.05, 0) is 48.9 Å². The van der Waals surface area contributed by atoms with Crippen molar-refractivity contribution in [3.63, 3.8) is 0 Å². The van der Waals surface area contributed by atoms with Gasteiger partial charge in [-0.15, -0.1) is 0 Å². The lowest BCUT2D eigenvalue weighted by atomic mass is 10.1. The summed E-state index contributed by atoms with van der Waals surface area (Å²) < 4.78 is 41.1. The normalized spacial score (nSPS) is 11.7. The Morgan fingerprint density at radius 2 is 1.71 bits per heavy atom. The fourth-order valence-electron chi connectivity index (χ4n) is 4.53. The number of hydrogen-bond donors (Lipinski definition) is 1. The van der Waals surface area contributed by atoms with Crippen LogP contribution in [0.3, 0.4) is 0 Å². The van der Waals surface area contributed by atoms with E-state index in [-0.39, 0.29) is 33.1 Å². The fraction of sp³-hybridized carbons (Fsp3) is 0.179. The van der Waals surface area contributed by atoms with Crippen molar-refractivity contribution in [3.05, 3.63) is 94.4 Å². The van der Waals surface area contributed by atoms with E-state index in [1.54, 1.807) is 55.3 Å². The number of aromatic nitrogens is 3. The number of methoxy groups -OCH3 is 2. The monoisotopic (exact) mass is 531 g/mol. The van der Waals surface area contributed by atoms with E-state index in [1.165, 1.54) is 22.6 Å². The number of nitrogens with zero attached hydrogens (tertiary/aromatic N) is 3. The van der Waals surface area contributed by atoms with Crippen molar-refractivity contribution in [3.8, 4) is 11.5 Å². The molecule has 2 aromatic carbocycles. The number of anilines is 1. The number of fused-ring (bicyclic) bond motifs is 2. The summed E-state index contributed by atoms with van der Waals surface area (Å²) in [6.07, 6.45) is 2.08. The zero-order chi connectivity index (χ0) is 27.0. The number of pyridine rings is 2. The maximum atomic E-state index is 13.7. The molecule has 5 aromatic rings. The Morgan fingerprint density at radius 1 is 0.974 bits per heavy atom. The van der Waals surface area contributed by atoms with Crippen LogP contribution in [0, 0.1) is 6.92 Å². The highest BCUT2D eigenvalue weighted by Crippen LogP contribution is 2.29. The number of nitrogens with two attached hydrogens (primary N) is 1. The van der Waals surface area contributed by atoms with Gasteiger partial charge < -0.3 is 15.2 Å². The second-order valence-electron chi connectivity index (χ2n) is 8.84. The van der Waals surface area contributed by atoms with Crippen LogP contribution in [0.1, 0.15) is 11.1 Å². The molecule has 0 saturated carbocycles. The number of rotatable bonds is 7. The molecule has 0 aliphatic carbocycles. The Morgan fingerprint density at radius 3 is 2.42 bits per heavy atom. The lowest BCUT2D eigenvalue weighted by molar-refractivity contribution is -0.659. The number of benzene rings is 2. The topological polar surface area (TPSA) is 117 Å². The molecule has 38 heavy (non-hydrogen) atoms. The van der Waals surface area contributed by atoms with Gasteiger partial charge in [-0.25, -0.2) is 13.0 Å².